The summed E-state index contributed by atoms with van der Waals surface area (Å²) in [5.74, 6) is 0.473. The Morgan fingerprint density at radius 2 is 2.29 bits per heavy atom. The molecule has 74 valence electrons. The van der Waals surface area contributed by atoms with Crippen molar-refractivity contribution in [1.82, 2.24) is 15.3 Å². The molecule has 0 fully saturated rings. The molecule has 0 saturated carbocycles. The van der Waals surface area contributed by atoms with E-state index in [0.29, 0.717) is 5.52 Å². The third-order valence-electron chi connectivity index (χ3n) is 2.32. The first-order valence-electron chi connectivity index (χ1n) is 4.53. The summed E-state index contributed by atoms with van der Waals surface area (Å²) < 4.78 is 13.3. The van der Waals surface area contributed by atoms with Gasteiger partial charge in [0.1, 0.15) is 11.3 Å². The monoisotopic (exact) mass is 193 g/mol. The predicted molar refractivity (Wildman–Crippen MR) is 53.5 cm³/mol. The second kappa shape index (κ2) is 3.38. The van der Waals surface area contributed by atoms with Crippen LogP contribution in [0.2, 0.25) is 0 Å². The molecule has 2 aromatic rings. The van der Waals surface area contributed by atoms with E-state index in [1.807, 2.05) is 20.0 Å². The van der Waals surface area contributed by atoms with Crippen molar-refractivity contribution in [2.75, 3.05) is 7.05 Å². The molecule has 3 nitrogen and oxygen atoms in total. The molecule has 1 atom stereocenters. The molecule has 0 spiro atoms. The number of imidazole rings is 1. The minimum Gasteiger partial charge on any atom is -0.341 e. The van der Waals surface area contributed by atoms with Crippen LogP contribution in [0.3, 0.4) is 0 Å². The van der Waals surface area contributed by atoms with Gasteiger partial charge in [-0.25, -0.2) is 9.37 Å². The fraction of sp³-hybridized carbons (Fsp3) is 0.300. The van der Waals surface area contributed by atoms with Crippen LogP contribution in [0.1, 0.15) is 18.8 Å². The van der Waals surface area contributed by atoms with Crippen LogP contribution >= 0.6 is 0 Å². The van der Waals surface area contributed by atoms with Crippen LogP contribution in [-0.4, -0.2) is 17.0 Å². The Labute approximate surface area is 81.4 Å². The van der Waals surface area contributed by atoms with Crippen molar-refractivity contribution in [3.8, 4) is 0 Å². The Balaban J connectivity index is 2.56. The van der Waals surface area contributed by atoms with Crippen LogP contribution in [-0.2, 0) is 0 Å². The van der Waals surface area contributed by atoms with Gasteiger partial charge in [-0.2, -0.15) is 0 Å². The van der Waals surface area contributed by atoms with Crippen molar-refractivity contribution in [2.45, 2.75) is 13.0 Å². The van der Waals surface area contributed by atoms with E-state index in [0.717, 1.165) is 11.3 Å². The molecular weight excluding hydrogens is 181 g/mol. The molecule has 1 aromatic heterocycles. The maximum atomic E-state index is 13.3. The normalized spacial score (nSPS) is 13.4. The largest absolute Gasteiger partial charge is 0.341 e. The highest BCUT2D eigenvalue weighted by molar-refractivity contribution is 5.75. The summed E-state index contributed by atoms with van der Waals surface area (Å²) in [6, 6.07) is 5.00. The van der Waals surface area contributed by atoms with Gasteiger partial charge in [-0.1, -0.05) is 6.07 Å². The molecule has 2 N–H and O–H groups in total. The first kappa shape index (κ1) is 9.15. The van der Waals surface area contributed by atoms with Crippen LogP contribution in [0, 0.1) is 5.82 Å². The lowest BCUT2D eigenvalue weighted by molar-refractivity contribution is 0.615. The molecule has 0 saturated heterocycles. The lowest BCUT2D eigenvalue weighted by Gasteiger charge is -2.04. The SMILES string of the molecule is CNC(C)c1nc2c(F)cccc2[nH]1. The molecule has 1 aromatic carbocycles. The summed E-state index contributed by atoms with van der Waals surface area (Å²) in [4.78, 5) is 7.26. The van der Waals surface area contributed by atoms with E-state index in [1.54, 1.807) is 6.07 Å². The van der Waals surface area contributed by atoms with Gasteiger partial charge in [0.15, 0.2) is 5.82 Å². The van der Waals surface area contributed by atoms with Crippen molar-refractivity contribution < 1.29 is 4.39 Å². The average Bonchev–Trinajstić information content (AvgIpc) is 2.62. The van der Waals surface area contributed by atoms with Gasteiger partial charge in [-0.3, -0.25) is 0 Å². The van der Waals surface area contributed by atoms with Crippen LogP contribution < -0.4 is 5.32 Å². The fourth-order valence-corrected chi connectivity index (χ4v) is 1.36. The van der Waals surface area contributed by atoms with Crippen LogP contribution in [0.4, 0.5) is 4.39 Å². The van der Waals surface area contributed by atoms with Gasteiger partial charge in [0, 0.05) is 0 Å². The van der Waals surface area contributed by atoms with E-state index in [4.69, 9.17) is 0 Å². The van der Waals surface area contributed by atoms with Gasteiger partial charge in [0.05, 0.1) is 11.6 Å². The number of halogens is 1. The second-order valence-electron chi connectivity index (χ2n) is 3.27. The molecule has 0 amide bonds. The fourth-order valence-electron chi connectivity index (χ4n) is 1.36. The minimum absolute atomic E-state index is 0.0989. The zero-order valence-corrected chi connectivity index (χ0v) is 8.13. The van der Waals surface area contributed by atoms with Crippen molar-refractivity contribution >= 4 is 11.0 Å². The first-order chi connectivity index (χ1) is 6.72. The first-order valence-corrected chi connectivity index (χ1v) is 4.53. The number of nitrogens with one attached hydrogen (secondary N) is 2. The molecular formula is C10H12FN3. The Morgan fingerprint density at radius 3 is 2.93 bits per heavy atom. The van der Waals surface area contributed by atoms with E-state index in [9.17, 15) is 4.39 Å². The van der Waals surface area contributed by atoms with Gasteiger partial charge < -0.3 is 10.3 Å². The molecule has 0 bridgehead atoms. The number of hydrogen-bond acceptors (Lipinski definition) is 2. The number of nitrogens with zero attached hydrogens (tertiary/aromatic N) is 1. The average molecular weight is 193 g/mol. The summed E-state index contributed by atoms with van der Waals surface area (Å²) in [6.07, 6.45) is 0. The van der Waals surface area contributed by atoms with E-state index in [1.165, 1.54) is 6.07 Å². The van der Waals surface area contributed by atoms with E-state index >= 15 is 0 Å². The van der Waals surface area contributed by atoms with Gasteiger partial charge in [0.2, 0.25) is 0 Å². The molecule has 2 rings (SSSR count). The number of para-hydroxylation sites is 1. The number of benzene rings is 1. The maximum absolute atomic E-state index is 13.3. The number of H-pyrrole nitrogens is 1. The summed E-state index contributed by atoms with van der Waals surface area (Å²) in [7, 11) is 1.84. The van der Waals surface area contributed by atoms with E-state index < -0.39 is 0 Å². The minimum atomic E-state index is -0.284. The van der Waals surface area contributed by atoms with Gasteiger partial charge >= 0.3 is 0 Å². The third-order valence-corrected chi connectivity index (χ3v) is 2.32. The number of aromatic nitrogens is 2. The summed E-state index contributed by atoms with van der Waals surface area (Å²) in [5.41, 5.74) is 1.15. The number of aromatic amines is 1. The molecule has 0 aliphatic rings. The molecule has 0 aliphatic heterocycles. The van der Waals surface area contributed by atoms with Crippen LogP contribution in [0.15, 0.2) is 18.2 Å². The molecule has 14 heavy (non-hydrogen) atoms. The van der Waals surface area contributed by atoms with Gasteiger partial charge in [-0.15, -0.1) is 0 Å². The van der Waals surface area contributed by atoms with Crippen molar-refractivity contribution in [2.24, 2.45) is 0 Å². The molecule has 1 heterocycles. The molecule has 0 radical (unpaired) electrons. The number of hydrogen-bond donors (Lipinski definition) is 2. The summed E-state index contributed by atoms with van der Waals surface area (Å²) >= 11 is 0. The van der Waals surface area contributed by atoms with Crippen LogP contribution in [0.25, 0.3) is 11.0 Å². The highest BCUT2D eigenvalue weighted by Crippen LogP contribution is 2.17. The van der Waals surface area contributed by atoms with Crippen molar-refractivity contribution in [3.63, 3.8) is 0 Å². The summed E-state index contributed by atoms with van der Waals surface area (Å²) in [5, 5.41) is 3.05. The van der Waals surface area contributed by atoms with Crippen molar-refractivity contribution in [1.29, 1.82) is 0 Å². The highest BCUT2D eigenvalue weighted by Gasteiger charge is 2.10. The maximum Gasteiger partial charge on any atom is 0.151 e. The number of rotatable bonds is 2. The van der Waals surface area contributed by atoms with Gasteiger partial charge in [-0.05, 0) is 26.1 Å². The zero-order valence-electron chi connectivity index (χ0n) is 8.13. The predicted octanol–water partition coefficient (Wildman–Crippen LogP) is 1.98. The lowest BCUT2D eigenvalue weighted by atomic mass is 10.3. The molecule has 1 unspecified atom stereocenters. The molecule has 0 aliphatic carbocycles. The highest BCUT2D eigenvalue weighted by atomic mass is 19.1. The zero-order chi connectivity index (χ0) is 10.1. The third kappa shape index (κ3) is 1.37. The lowest BCUT2D eigenvalue weighted by Crippen LogP contribution is -2.13. The second-order valence-corrected chi connectivity index (χ2v) is 3.27. The Kier molecular flexibility index (Phi) is 2.21. The van der Waals surface area contributed by atoms with Crippen molar-refractivity contribution in [3.05, 3.63) is 29.8 Å². The standard InChI is InChI=1S/C10H12FN3/c1-6(12-2)10-13-8-5-3-4-7(11)9(8)14-10/h3-6,12H,1-2H3,(H,13,14). The number of fused-ring (bicyclic) bond motifs is 1. The van der Waals surface area contributed by atoms with Gasteiger partial charge in [0.25, 0.3) is 0 Å². The smallest absolute Gasteiger partial charge is 0.151 e. The van der Waals surface area contributed by atoms with Crippen LogP contribution in [0.5, 0.6) is 0 Å². The Morgan fingerprint density at radius 1 is 1.50 bits per heavy atom. The quantitative estimate of drug-likeness (QED) is 0.765. The topological polar surface area (TPSA) is 40.7 Å². The molecule has 4 heteroatoms. The Hall–Kier alpha value is -1.42. The Bertz CT molecular complexity index is 450. The van der Waals surface area contributed by atoms with E-state index in [2.05, 4.69) is 15.3 Å². The van der Waals surface area contributed by atoms with E-state index in [-0.39, 0.29) is 11.9 Å². The summed E-state index contributed by atoms with van der Waals surface area (Å²) in [6.45, 7) is 1.97.